The van der Waals surface area contributed by atoms with Crippen molar-refractivity contribution in [2.24, 2.45) is 0 Å². The summed E-state index contributed by atoms with van der Waals surface area (Å²) in [5, 5.41) is 0. The minimum atomic E-state index is 0.669. The summed E-state index contributed by atoms with van der Waals surface area (Å²) >= 11 is 0. The van der Waals surface area contributed by atoms with Gasteiger partial charge in [-0.2, -0.15) is 0 Å². The molecule has 0 unspecified atom stereocenters. The highest BCUT2D eigenvalue weighted by Gasteiger charge is 1.98. The molecule has 4 heteroatoms. The number of terminal acetylenes is 1. The summed E-state index contributed by atoms with van der Waals surface area (Å²) < 4.78 is 1.51. The van der Waals surface area contributed by atoms with E-state index in [2.05, 4.69) is 21.0 Å². The zero-order valence-corrected chi connectivity index (χ0v) is 5.60. The van der Waals surface area contributed by atoms with Gasteiger partial charge in [-0.3, -0.25) is 0 Å². The molecule has 2 rings (SSSR count). The lowest BCUT2D eigenvalue weighted by atomic mass is 10.6. The lowest BCUT2D eigenvalue weighted by molar-refractivity contribution is 1.11. The van der Waals surface area contributed by atoms with Crippen LogP contribution in [0.15, 0.2) is 18.9 Å². The molecule has 2 heterocycles. The number of rotatable bonds is 0. The van der Waals surface area contributed by atoms with Crippen LogP contribution in [-0.2, 0) is 0 Å². The molecule has 0 N–H and O–H groups in total. The summed E-state index contributed by atoms with van der Waals surface area (Å²) in [6, 6.07) is 2.41. The smallest absolute Gasteiger partial charge is 0.175 e. The number of imidazole rings is 1. The monoisotopic (exact) mass is 144 g/mol. The van der Waals surface area contributed by atoms with E-state index in [1.54, 1.807) is 12.5 Å². The van der Waals surface area contributed by atoms with E-state index in [-0.39, 0.29) is 0 Å². The molecular formula is C7H4N4. The molecule has 0 saturated heterocycles. The van der Waals surface area contributed by atoms with Crippen LogP contribution >= 0.6 is 0 Å². The molecule has 0 spiro atoms. The normalized spacial score (nSPS) is 9.73. The van der Waals surface area contributed by atoms with Crippen LogP contribution in [0.4, 0.5) is 0 Å². The Morgan fingerprint density at radius 3 is 3.18 bits per heavy atom. The van der Waals surface area contributed by atoms with Crippen LogP contribution in [0.3, 0.4) is 0 Å². The van der Waals surface area contributed by atoms with Gasteiger partial charge in [0.1, 0.15) is 18.2 Å². The van der Waals surface area contributed by atoms with Crippen molar-refractivity contribution in [1.29, 1.82) is 0 Å². The van der Waals surface area contributed by atoms with Gasteiger partial charge in [0.05, 0.1) is 6.20 Å². The molecule has 0 aliphatic heterocycles. The largest absolute Gasteiger partial charge is 0.242 e. The summed E-state index contributed by atoms with van der Waals surface area (Å²) in [4.78, 5) is 11.7. The van der Waals surface area contributed by atoms with Gasteiger partial charge >= 0.3 is 0 Å². The number of nitrogens with zero attached hydrogens (tertiary/aromatic N) is 4. The lowest BCUT2D eigenvalue weighted by Gasteiger charge is -1.87. The van der Waals surface area contributed by atoms with E-state index in [1.807, 2.05) is 0 Å². The minimum absolute atomic E-state index is 0.669. The van der Waals surface area contributed by atoms with Crippen LogP contribution < -0.4 is 0 Å². The van der Waals surface area contributed by atoms with Gasteiger partial charge in [0.15, 0.2) is 5.65 Å². The predicted molar refractivity (Wildman–Crippen MR) is 39.6 cm³/mol. The number of fused-ring (bicyclic) bond motifs is 1. The zero-order chi connectivity index (χ0) is 7.68. The number of aromatic nitrogens is 4. The average molecular weight is 144 g/mol. The summed E-state index contributed by atoms with van der Waals surface area (Å²) in [7, 11) is 0. The maximum absolute atomic E-state index is 5.17. The summed E-state index contributed by atoms with van der Waals surface area (Å²) in [5.41, 5.74) is 1.38. The molecule has 0 aliphatic rings. The Kier molecular flexibility index (Phi) is 1.10. The first-order chi connectivity index (χ1) is 5.42. The van der Waals surface area contributed by atoms with Crippen LogP contribution in [-0.4, -0.2) is 19.5 Å². The van der Waals surface area contributed by atoms with Gasteiger partial charge in [0, 0.05) is 6.04 Å². The molecule has 2 aromatic heterocycles. The number of hydrogen-bond donors (Lipinski definition) is 0. The van der Waals surface area contributed by atoms with Gasteiger partial charge in [0.25, 0.3) is 0 Å². The number of hydrogen-bond acceptors (Lipinski definition) is 3. The molecule has 2 aromatic rings. The zero-order valence-electron chi connectivity index (χ0n) is 5.60. The third-order valence-corrected chi connectivity index (χ3v) is 1.35. The Hall–Kier alpha value is -1.89. The molecule has 4 nitrogen and oxygen atoms in total. The first-order valence-corrected chi connectivity index (χ1v) is 3.01. The Balaban J connectivity index is 2.89. The second kappa shape index (κ2) is 2.06. The molecule has 0 aromatic carbocycles. The van der Waals surface area contributed by atoms with Crippen LogP contribution in [0.2, 0.25) is 0 Å². The standard InChI is InChI=1S/C7H4N4/c1-2-11-5-10-6-3-8-4-9-7(6)11/h1,3-5H. The van der Waals surface area contributed by atoms with E-state index in [0.717, 1.165) is 0 Å². The van der Waals surface area contributed by atoms with E-state index in [4.69, 9.17) is 6.42 Å². The van der Waals surface area contributed by atoms with Gasteiger partial charge in [-0.05, 0) is 0 Å². The van der Waals surface area contributed by atoms with Crippen molar-refractivity contribution >= 4 is 11.2 Å². The quantitative estimate of drug-likeness (QED) is 0.498. The van der Waals surface area contributed by atoms with Gasteiger partial charge in [-0.25, -0.2) is 19.5 Å². The molecule has 0 radical (unpaired) electrons. The van der Waals surface area contributed by atoms with Crippen LogP contribution in [0.25, 0.3) is 11.2 Å². The van der Waals surface area contributed by atoms with Crippen molar-refractivity contribution in [2.75, 3.05) is 0 Å². The van der Waals surface area contributed by atoms with Crippen LogP contribution in [0, 0.1) is 12.5 Å². The molecular weight excluding hydrogens is 140 g/mol. The highest BCUT2D eigenvalue weighted by atomic mass is 15.1. The van der Waals surface area contributed by atoms with Gasteiger partial charge in [-0.15, -0.1) is 0 Å². The van der Waals surface area contributed by atoms with Crippen LogP contribution in [0.5, 0.6) is 0 Å². The summed E-state index contributed by atoms with van der Waals surface area (Å²) in [6.07, 6.45) is 9.78. The molecule has 0 bridgehead atoms. The van der Waals surface area contributed by atoms with E-state index >= 15 is 0 Å². The van der Waals surface area contributed by atoms with Crippen molar-refractivity contribution in [1.82, 2.24) is 19.5 Å². The van der Waals surface area contributed by atoms with Crippen molar-refractivity contribution in [3.8, 4) is 12.5 Å². The SMILES string of the molecule is C#Cn1cnc2cncnc21. The van der Waals surface area contributed by atoms with E-state index in [1.165, 1.54) is 10.9 Å². The Morgan fingerprint density at radius 2 is 2.36 bits per heavy atom. The van der Waals surface area contributed by atoms with Crippen molar-refractivity contribution < 1.29 is 0 Å². The van der Waals surface area contributed by atoms with Crippen LogP contribution in [0.1, 0.15) is 0 Å². The molecule has 52 valence electrons. The minimum Gasteiger partial charge on any atom is -0.242 e. The Morgan fingerprint density at radius 1 is 1.45 bits per heavy atom. The molecule has 0 aliphatic carbocycles. The van der Waals surface area contributed by atoms with Gasteiger partial charge < -0.3 is 0 Å². The average Bonchev–Trinajstić information content (AvgIpc) is 2.47. The van der Waals surface area contributed by atoms with Crippen molar-refractivity contribution in [3.63, 3.8) is 0 Å². The molecule has 0 amide bonds. The fraction of sp³-hybridized carbons (Fsp3) is 0. The summed E-state index contributed by atoms with van der Waals surface area (Å²) in [6.45, 7) is 0. The third-order valence-electron chi connectivity index (χ3n) is 1.35. The fourth-order valence-corrected chi connectivity index (χ4v) is 0.862. The van der Waals surface area contributed by atoms with E-state index in [9.17, 15) is 0 Å². The molecule has 0 fully saturated rings. The topological polar surface area (TPSA) is 43.6 Å². The maximum atomic E-state index is 5.17. The van der Waals surface area contributed by atoms with Crippen molar-refractivity contribution in [3.05, 3.63) is 18.9 Å². The van der Waals surface area contributed by atoms with Gasteiger partial charge in [-0.1, -0.05) is 6.42 Å². The van der Waals surface area contributed by atoms with E-state index in [0.29, 0.717) is 11.2 Å². The van der Waals surface area contributed by atoms with Crippen molar-refractivity contribution in [2.45, 2.75) is 0 Å². The fourth-order valence-electron chi connectivity index (χ4n) is 0.862. The lowest BCUT2D eigenvalue weighted by Crippen LogP contribution is -1.87. The molecule has 0 atom stereocenters. The Labute approximate surface area is 62.9 Å². The van der Waals surface area contributed by atoms with E-state index < -0.39 is 0 Å². The molecule has 11 heavy (non-hydrogen) atoms. The highest BCUT2D eigenvalue weighted by Crippen LogP contribution is 2.04. The Bertz CT molecular complexity index is 423. The first kappa shape index (κ1) is 5.86. The highest BCUT2D eigenvalue weighted by molar-refractivity contribution is 5.69. The third kappa shape index (κ3) is 0.749. The molecule has 0 saturated carbocycles. The summed E-state index contributed by atoms with van der Waals surface area (Å²) in [5.74, 6) is 0. The maximum Gasteiger partial charge on any atom is 0.175 e. The second-order valence-corrected chi connectivity index (χ2v) is 1.98. The van der Waals surface area contributed by atoms with Gasteiger partial charge in [0.2, 0.25) is 0 Å². The second-order valence-electron chi connectivity index (χ2n) is 1.98. The predicted octanol–water partition coefficient (Wildman–Crippen LogP) is 0.265. The first-order valence-electron chi connectivity index (χ1n) is 3.01.